The molecule has 2 heterocycles. The molecule has 0 N–H and O–H groups in total. The van der Waals surface area contributed by atoms with Gasteiger partial charge in [0.2, 0.25) is 0 Å². The van der Waals surface area contributed by atoms with Crippen LogP contribution in [0.4, 0.5) is 0 Å². The van der Waals surface area contributed by atoms with Gasteiger partial charge in [-0.1, -0.05) is 13.8 Å². The molecule has 1 saturated heterocycles. The lowest BCUT2D eigenvalue weighted by molar-refractivity contribution is 0.249. The van der Waals surface area contributed by atoms with Gasteiger partial charge >= 0.3 is 0 Å². The van der Waals surface area contributed by atoms with Gasteiger partial charge in [0.25, 0.3) is 0 Å². The largest absolute Gasteiger partial charge is 0.301 e. The topological polar surface area (TPSA) is 16.1 Å². The minimum Gasteiger partial charge on any atom is -0.301 e. The number of rotatable bonds is 3. The van der Waals surface area contributed by atoms with E-state index in [-0.39, 0.29) is 0 Å². The van der Waals surface area contributed by atoms with E-state index >= 15 is 0 Å². The molecule has 1 aromatic rings. The van der Waals surface area contributed by atoms with E-state index in [2.05, 4.69) is 50.8 Å². The van der Waals surface area contributed by atoms with Crippen molar-refractivity contribution in [2.45, 2.75) is 58.5 Å². The molecule has 1 aliphatic heterocycles. The molecule has 3 atom stereocenters. The molecule has 17 heavy (non-hydrogen) atoms. The molecular weight excluding hydrogens is 228 g/mol. The van der Waals surface area contributed by atoms with Gasteiger partial charge in [-0.15, -0.1) is 11.3 Å². The number of nitrogens with zero attached hydrogens (tertiary/aromatic N) is 2. The molecule has 1 fully saturated rings. The third-order valence-electron chi connectivity index (χ3n) is 4.24. The fourth-order valence-corrected chi connectivity index (χ4v) is 3.72. The molecule has 3 heteroatoms. The van der Waals surface area contributed by atoms with Crippen molar-refractivity contribution in [2.75, 3.05) is 7.05 Å². The molecule has 0 amide bonds. The zero-order valence-corrected chi connectivity index (χ0v) is 12.4. The van der Waals surface area contributed by atoms with Crippen LogP contribution >= 0.6 is 11.3 Å². The highest BCUT2D eigenvalue weighted by Crippen LogP contribution is 2.32. The fraction of sp³-hybridized carbons (Fsp3) is 0.786. The van der Waals surface area contributed by atoms with Gasteiger partial charge in [-0.25, -0.2) is 4.98 Å². The Bertz CT molecular complexity index is 372. The van der Waals surface area contributed by atoms with Crippen LogP contribution in [0.15, 0.2) is 6.20 Å². The number of thiazole rings is 1. The van der Waals surface area contributed by atoms with E-state index < -0.39 is 0 Å². The van der Waals surface area contributed by atoms with E-state index in [0.717, 1.165) is 18.4 Å². The Hall–Kier alpha value is -0.410. The predicted octanol–water partition coefficient (Wildman–Crippen LogP) is 3.54. The summed E-state index contributed by atoms with van der Waals surface area (Å²) in [4.78, 5) is 8.51. The first-order valence-electron chi connectivity index (χ1n) is 6.65. The van der Waals surface area contributed by atoms with E-state index in [4.69, 9.17) is 0 Å². The third-order valence-corrected chi connectivity index (χ3v) is 5.56. The first-order valence-corrected chi connectivity index (χ1v) is 7.47. The van der Waals surface area contributed by atoms with Gasteiger partial charge in [0.15, 0.2) is 0 Å². The second-order valence-corrected chi connectivity index (χ2v) is 6.91. The summed E-state index contributed by atoms with van der Waals surface area (Å²) in [6, 6.07) is 1.41. The standard InChI is InChI=1S/C14H24N2S/c1-9(2)13-8-15-14(17-13)7-12-6-10(3)16(5)11(12)4/h8-12H,6-7H2,1-5H3/t10?,11-,12?/m1/s1. The molecule has 96 valence electrons. The highest BCUT2D eigenvalue weighted by Gasteiger charge is 2.33. The molecule has 1 aliphatic rings. The van der Waals surface area contributed by atoms with Gasteiger partial charge in [0.05, 0.1) is 5.01 Å². The highest BCUT2D eigenvalue weighted by atomic mass is 32.1. The molecule has 0 aliphatic carbocycles. The van der Waals surface area contributed by atoms with Crippen LogP contribution in [-0.4, -0.2) is 29.0 Å². The molecule has 0 bridgehead atoms. The van der Waals surface area contributed by atoms with Crippen LogP contribution in [-0.2, 0) is 6.42 Å². The van der Waals surface area contributed by atoms with Crippen LogP contribution in [0.2, 0.25) is 0 Å². The van der Waals surface area contributed by atoms with Gasteiger partial charge in [0, 0.05) is 29.6 Å². The monoisotopic (exact) mass is 252 g/mol. The number of hydrogen-bond acceptors (Lipinski definition) is 3. The lowest BCUT2D eigenvalue weighted by atomic mass is 9.97. The minimum atomic E-state index is 0.615. The van der Waals surface area contributed by atoms with E-state index in [9.17, 15) is 0 Å². The predicted molar refractivity (Wildman–Crippen MR) is 74.7 cm³/mol. The molecule has 0 saturated carbocycles. The van der Waals surface area contributed by atoms with Crippen molar-refractivity contribution in [3.63, 3.8) is 0 Å². The Labute approximate surface area is 109 Å². The summed E-state index contributed by atoms with van der Waals surface area (Å²) in [5, 5.41) is 1.33. The second-order valence-electron chi connectivity index (χ2n) is 5.77. The van der Waals surface area contributed by atoms with Crippen molar-refractivity contribution < 1.29 is 0 Å². The first kappa shape index (κ1) is 13.0. The zero-order valence-electron chi connectivity index (χ0n) is 11.6. The van der Waals surface area contributed by atoms with E-state index in [1.165, 1.54) is 16.3 Å². The van der Waals surface area contributed by atoms with Crippen molar-refractivity contribution in [1.29, 1.82) is 0 Å². The molecule has 0 aromatic carbocycles. The Morgan fingerprint density at radius 1 is 1.47 bits per heavy atom. The molecule has 2 unspecified atom stereocenters. The quantitative estimate of drug-likeness (QED) is 0.818. The van der Waals surface area contributed by atoms with Crippen molar-refractivity contribution in [2.24, 2.45) is 5.92 Å². The SMILES string of the molecule is CC(C)c1cnc(CC2CC(C)N(C)[C@@H]2C)s1. The maximum Gasteiger partial charge on any atom is 0.0931 e. The minimum absolute atomic E-state index is 0.615. The summed E-state index contributed by atoms with van der Waals surface area (Å²) in [5.74, 6) is 1.39. The summed E-state index contributed by atoms with van der Waals surface area (Å²) in [5.41, 5.74) is 0. The summed E-state index contributed by atoms with van der Waals surface area (Å²) < 4.78 is 0. The molecule has 1 aromatic heterocycles. The van der Waals surface area contributed by atoms with Crippen LogP contribution in [0.1, 0.15) is 49.9 Å². The number of hydrogen-bond donors (Lipinski definition) is 0. The lowest BCUT2D eigenvalue weighted by Gasteiger charge is -2.21. The van der Waals surface area contributed by atoms with E-state index in [1.807, 2.05) is 11.3 Å². The van der Waals surface area contributed by atoms with Crippen molar-refractivity contribution in [3.05, 3.63) is 16.1 Å². The first-order chi connectivity index (χ1) is 7.99. The lowest BCUT2D eigenvalue weighted by Crippen LogP contribution is -2.30. The Kier molecular flexibility index (Phi) is 3.88. The normalized spacial score (nSPS) is 30.4. The van der Waals surface area contributed by atoms with Gasteiger partial charge < -0.3 is 4.90 Å². The van der Waals surface area contributed by atoms with Crippen molar-refractivity contribution >= 4 is 11.3 Å². The molecule has 2 rings (SSSR count). The highest BCUT2D eigenvalue weighted by molar-refractivity contribution is 7.11. The van der Waals surface area contributed by atoms with Crippen LogP contribution in [0, 0.1) is 5.92 Å². The fourth-order valence-electron chi connectivity index (χ4n) is 2.70. The van der Waals surface area contributed by atoms with Crippen LogP contribution in [0.5, 0.6) is 0 Å². The smallest absolute Gasteiger partial charge is 0.0931 e. The Balaban J connectivity index is 2.01. The molecule has 0 spiro atoms. The summed E-state index contributed by atoms with van der Waals surface area (Å²) in [7, 11) is 2.25. The second kappa shape index (κ2) is 5.07. The molecular formula is C14H24N2S. The molecule has 0 radical (unpaired) electrons. The average Bonchev–Trinajstić information content (AvgIpc) is 2.82. The van der Waals surface area contributed by atoms with Crippen LogP contribution < -0.4 is 0 Å². The Morgan fingerprint density at radius 2 is 2.18 bits per heavy atom. The maximum absolute atomic E-state index is 4.59. The van der Waals surface area contributed by atoms with Gasteiger partial charge in [0.1, 0.15) is 0 Å². The summed E-state index contributed by atoms with van der Waals surface area (Å²) >= 11 is 1.90. The van der Waals surface area contributed by atoms with Gasteiger partial charge in [-0.05, 0) is 39.2 Å². The van der Waals surface area contributed by atoms with Gasteiger partial charge in [-0.2, -0.15) is 0 Å². The van der Waals surface area contributed by atoms with Crippen LogP contribution in [0.25, 0.3) is 0 Å². The van der Waals surface area contributed by atoms with Crippen molar-refractivity contribution in [3.8, 4) is 0 Å². The summed E-state index contributed by atoms with van der Waals surface area (Å²) in [6.07, 6.45) is 4.54. The average molecular weight is 252 g/mol. The number of aromatic nitrogens is 1. The van der Waals surface area contributed by atoms with E-state index in [1.54, 1.807) is 0 Å². The van der Waals surface area contributed by atoms with Gasteiger partial charge in [-0.3, -0.25) is 0 Å². The van der Waals surface area contributed by atoms with E-state index in [0.29, 0.717) is 12.0 Å². The third kappa shape index (κ3) is 2.71. The Morgan fingerprint density at radius 3 is 2.65 bits per heavy atom. The molecule has 2 nitrogen and oxygen atoms in total. The number of likely N-dealkylation sites (tertiary alicyclic amines) is 1. The maximum atomic E-state index is 4.59. The zero-order chi connectivity index (χ0) is 12.6. The van der Waals surface area contributed by atoms with Crippen LogP contribution in [0.3, 0.4) is 0 Å². The van der Waals surface area contributed by atoms with Crippen molar-refractivity contribution in [1.82, 2.24) is 9.88 Å². The summed E-state index contributed by atoms with van der Waals surface area (Å²) in [6.45, 7) is 9.17.